The number of aliphatic carboxylic acids is 1. The lowest BCUT2D eigenvalue weighted by Gasteiger charge is -2.00. The second kappa shape index (κ2) is 5.81. The summed E-state index contributed by atoms with van der Waals surface area (Å²) in [6.45, 7) is 1.53. The van der Waals surface area contributed by atoms with Crippen molar-refractivity contribution in [1.29, 1.82) is 0 Å². The first-order valence-corrected chi connectivity index (χ1v) is 6.79. The van der Waals surface area contributed by atoms with Crippen molar-refractivity contribution in [2.24, 2.45) is 0 Å². The van der Waals surface area contributed by atoms with Crippen molar-refractivity contribution in [2.45, 2.75) is 17.4 Å². The van der Waals surface area contributed by atoms with Gasteiger partial charge >= 0.3 is 5.97 Å². The van der Waals surface area contributed by atoms with E-state index in [0.29, 0.717) is 15.6 Å². The number of thioether (sulfide) groups is 1. The molecule has 1 unspecified atom stereocenters. The highest BCUT2D eigenvalue weighted by Crippen LogP contribution is 2.31. The number of hydrogen-bond donors (Lipinski definition) is 1. The first kappa shape index (κ1) is 14.2. The average Bonchev–Trinajstić information content (AvgIpc) is 2.77. The van der Waals surface area contributed by atoms with Crippen LogP contribution < -0.4 is 0 Å². The molecular weight excluding hydrogens is 311 g/mol. The largest absolute Gasteiger partial charge is 0.480 e. The second-order valence-corrected chi connectivity index (χ2v) is 5.73. The molecule has 1 aromatic carbocycles. The molecule has 19 heavy (non-hydrogen) atoms. The third kappa shape index (κ3) is 3.40. The SMILES string of the molecule is CC(Sc1nnc(-c2ccc(Cl)cc2Cl)o1)C(=O)O. The van der Waals surface area contributed by atoms with E-state index in [4.69, 9.17) is 32.7 Å². The Bertz CT molecular complexity index is 618. The highest BCUT2D eigenvalue weighted by atomic mass is 35.5. The zero-order valence-corrected chi connectivity index (χ0v) is 12.0. The van der Waals surface area contributed by atoms with Crippen LogP contribution in [0.25, 0.3) is 11.5 Å². The minimum atomic E-state index is -0.950. The normalized spacial score (nSPS) is 12.4. The first-order chi connectivity index (χ1) is 8.97. The van der Waals surface area contributed by atoms with Gasteiger partial charge in [-0.2, -0.15) is 0 Å². The lowest BCUT2D eigenvalue weighted by Crippen LogP contribution is -2.10. The third-order valence-electron chi connectivity index (χ3n) is 2.19. The van der Waals surface area contributed by atoms with Crippen LogP contribution >= 0.6 is 35.0 Å². The molecule has 2 rings (SSSR count). The van der Waals surface area contributed by atoms with Crippen molar-refractivity contribution in [3.8, 4) is 11.5 Å². The molecule has 0 bridgehead atoms. The molecule has 5 nitrogen and oxygen atoms in total. The zero-order chi connectivity index (χ0) is 14.0. The summed E-state index contributed by atoms with van der Waals surface area (Å²) in [7, 11) is 0. The van der Waals surface area contributed by atoms with Crippen LogP contribution in [-0.2, 0) is 4.79 Å². The molecule has 1 atom stereocenters. The van der Waals surface area contributed by atoms with Gasteiger partial charge in [-0.15, -0.1) is 10.2 Å². The summed E-state index contributed by atoms with van der Waals surface area (Å²) in [5.74, 6) is -0.726. The second-order valence-electron chi connectivity index (χ2n) is 3.60. The Hall–Kier alpha value is -1.24. The van der Waals surface area contributed by atoms with Crippen LogP contribution in [0.3, 0.4) is 0 Å². The van der Waals surface area contributed by atoms with Gasteiger partial charge in [-0.05, 0) is 25.1 Å². The maximum atomic E-state index is 10.7. The molecule has 100 valence electrons. The number of carboxylic acid groups (broad SMARTS) is 1. The van der Waals surface area contributed by atoms with E-state index in [-0.39, 0.29) is 11.1 Å². The standard InChI is InChI=1S/C11H8Cl2N2O3S/c1-5(10(16)17)19-11-15-14-9(18-11)7-3-2-6(12)4-8(7)13/h2-5H,1H3,(H,16,17). The molecule has 0 aliphatic rings. The number of halogens is 2. The van der Waals surface area contributed by atoms with Crippen LogP contribution in [0.15, 0.2) is 27.8 Å². The van der Waals surface area contributed by atoms with E-state index in [9.17, 15) is 4.79 Å². The fourth-order valence-corrected chi connectivity index (χ4v) is 2.34. The van der Waals surface area contributed by atoms with Gasteiger partial charge in [0, 0.05) is 5.02 Å². The summed E-state index contributed by atoms with van der Waals surface area (Å²) in [6.07, 6.45) is 0. The topological polar surface area (TPSA) is 76.2 Å². The smallest absolute Gasteiger partial charge is 0.316 e. The molecule has 0 aliphatic heterocycles. The number of rotatable bonds is 4. The fourth-order valence-electron chi connectivity index (χ4n) is 1.23. The van der Waals surface area contributed by atoms with Crippen molar-refractivity contribution in [3.63, 3.8) is 0 Å². The molecule has 0 amide bonds. The lowest BCUT2D eigenvalue weighted by atomic mass is 10.2. The molecule has 0 fully saturated rings. The molecule has 2 aromatic rings. The minimum Gasteiger partial charge on any atom is -0.480 e. The molecular formula is C11H8Cl2N2O3S. The van der Waals surface area contributed by atoms with Gasteiger partial charge in [0.25, 0.3) is 5.22 Å². The number of carbonyl (C=O) groups is 1. The monoisotopic (exact) mass is 318 g/mol. The predicted molar refractivity (Wildman–Crippen MR) is 72.7 cm³/mol. The molecule has 1 heterocycles. The Morgan fingerprint density at radius 1 is 1.42 bits per heavy atom. The molecule has 0 aliphatic carbocycles. The van der Waals surface area contributed by atoms with Crippen molar-refractivity contribution >= 4 is 40.9 Å². The quantitative estimate of drug-likeness (QED) is 0.868. The van der Waals surface area contributed by atoms with Crippen LogP contribution in [0, 0.1) is 0 Å². The van der Waals surface area contributed by atoms with Gasteiger partial charge in [-0.3, -0.25) is 4.79 Å². The highest BCUT2D eigenvalue weighted by molar-refractivity contribution is 8.00. The Kier molecular flexibility index (Phi) is 4.34. The molecule has 8 heteroatoms. The fraction of sp³-hybridized carbons (Fsp3) is 0.182. The van der Waals surface area contributed by atoms with E-state index < -0.39 is 11.2 Å². The van der Waals surface area contributed by atoms with Crippen LogP contribution in [0.5, 0.6) is 0 Å². The van der Waals surface area contributed by atoms with E-state index in [1.807, 2.05) is 0 Å². The number of benzene rings is 1. The summed E-state index contributed by atoms with van der Waals surface area (Å²) >= 11 is 12.8. The Labute approximate surface area is 122 Å². The van der Waals surface area contributed by atoms with E-state index in [2.05, 4.69) is 10.2 Å². The van der Waals surface area contributed by atoms with Crippen molar-refractivity contribution in [3.05, 3.63) is 28.2 Å². The van der Waals surface area contributed by atoms with Crippen LogP contribution in [0.2, 0.25) is 10.0 Å². The average molecular weight is 319 g/mol. The molecule has 0 spiro atoms. The summed E-state index contributed by atoms with van der Waals surface area (Å²) in [5.41, 5.74) is 0.549. The third-order valence-corrected chi connectivity index (χ3v) is 3.66. The Balaban J connectivity index is 2.23. The Morgan fingerprint density at radius 3 is 2.79 bits per heavy atom. The van der Waals surface area contributed by atoms with E-state index >= 15 is 0 Å². The molecule has 1 aromatic heterocycles. The maximum absolute atomic E-state index is 10.7. The lowest BCUT2D eigenvalue weighted by molar-refractivity contribution is -0.136. The zero-order valence-electron chi connectivity index (χ0n) is 9.63. The molecule has 0 radical (unpaired) electrons. The van der Waals surface area contributed by atoms with Gasteiger partial charge < -0.3 is 9.52 Å². The van der Waals surface area contributed by atoms with E-state index in [1.165, 1.54) is 6.92 Å². The van der Waals surface area contributed by atoms with Crippen LogP contribution in [0.1, 0.15) is 6.92 Å². The number of hydrogen-bond acceptors (Lipinski definition) is 5. The first-order valence-electron chi connectivity index (χ1n) is 5.16. The molecule has 0 saturated carbocycles. The summed E-state index contributed by atoms with van der Waals surface area (Å²) < 4.78 is 5.36. The van der Waals surface area contributed by atoms with Crippen molar-refractivity contribution < 1.29 is 14.3 Å². The maximum Gasteiger partial charge on any atom is 0.316 e. The molecule has 1 N–H and O–H groups in total. The van der Waals surface area contributed by atoms with Crippen LogP contribution in [-0.4, -0.2) is 26.5 Å². The van der Waals surface area contributed by atoms with Gasteiger partial charge in [-0.25, -0.2) is 0 Å². The van der Waals surface area contributed by atoms with Crippen LogP contribution in [0.4, 0.5) is 0 Å². The van der Waals surface area contributed by atoms with Gasteiger partial charge in [0.05, 0.1) is 10.6 Å². The summed E-state index contributed by atoms with van der Waals surface area (Å²) in [6, 6.07) is 4.88. The van der Waals surface area contributed by atoms with Crippen molar-refractivity contribution in [1.82, 2.24) is 10.2 Å². The highest BCUT2D eigenvalue weighted by Gasteiger charge is 2.18. The van der Waals surface area contributed by atoms with E-state index in [1.54, 1.807) is 18.2 Å². The van der Waals surface area contributed by atoms with E-state index in [0.717, 1.165) is 11.8 Å². The minimum absolute atomic E-state index is 0.177. The Morgan fingerprint density at radius 2 is 2.16 bits per heavy atom. The van der Waals surface area contributed by atoms with Gasteiger partial charge in [0.15, 0.2) is 0 Å². The van der Waals surface area contributed by atoms with Gasteiger partial charge in [0.2, 0.25) is 5.89 Å². The molecule has 0 saturated heterocycles. The number of nitrogens with zero attached hydrogens (tertiary/aromatic N) is 2. The predicted octanol–water partition coefficient (Wildman–Crippen LogP) is 3.61. The van der Waals surface area contributed by atoms with Crippen molar-refractivity contribution in [2.75, 3.05) is 0 Å². The summed E-state index contributed by atoms with van der Waals surface area (Å²) in [4.78, 5) is 10.7. The number of carboxylic acids is 1. The van der Waals surface area contributed by atoms with Gasteiger partial charge in [0.1, 0.15) is 5.25 Å². The number of aromatic nitrogens is 2. The summed E-state index contributed by atoms with van der Waals surface area (Å²) in [5, 5.41) is 16.8. The van der Waals surface area contributed by atoms with Gasteiger partial charge in [-0.1, -0.05) is 35.0 Å².